The van der Waals surface area contributed by atoms with E-state index in [0.717, 1.165) is 12.1 Å². The largest absolute Gasteiger partial charge is 0.416 e. The zero-order chi connectivity index (χ0) is 13.2. The Labute approximate surface area is 100 Å². The molecule has 18 heavy (non-hydrogen) atoms. The summed E-state index contributed by atoms with van der Waals surface area (Å²) in [5, 5.41) is 12.3. The minimum absolute atomic E-state index is 0.119. The fourth-order valence-electron chi connectivity index (χ4n) is 1.37. The molecule has 0 fully saturated rings. The summed E-state index contributed by atoms with van der Waals surface area (Å²) in [5.41, 5.74) is -0.332. The van der Waals surface area contributed by atoms with Crippen molar-refractivity contribution in [3.05, 3.63) is 35.7 Å². The number of benzene rings is 1. The average Bonchev–Trinajstić information content (AvgIpc) is 2.77. The van der Waals surface area contributed by atoms with Gasteiger partial charge in [-0.2, -0.15) is 18.2 Å². The maximum Gasteiger partial charge on any atom is 0.416 e. The van der Waals surface area contributed by atoms with Gasteiger partial charge < -0.3 is 9.63 Å². The molecule has 0 saturated carbocycles. The summed E-state index contributed by atoms with van der Waals surface area (Å²) in [6.07, 6.45) is -4.13. The Bertz CT molecular complexity index is 520. The number of aliphatic hydroxyl groups excluding tert-OH is 1. The number of hydrogen-bond donors (Lipinski definition) is 1. The molecule has 0 amide bonds. The van der Waals surface area contributed by atoms with Gasteiger partial charge in [0, 0.05) is 12.0 Å². The molecule has 7 heteroatoms. The van der Waals surface area contributed by atoms with Crippen LogP contribution in [0.2, 0.25) is 0 Å². The highest BCUT2D eigenvalue weighted by atomic mass is 19.4. The van der Waals surface area contributed by atoms with Gasteiger partial charge in [0.05, 0.1) is 12.2 Å². The minimum atomic E-state index is -4.37. The van der Waals surface area contributed by atoms with Gasteiger partial charge in [-0.3, -0.25) is 0 Å². The number of halogens is 3. The fraction of sp³-hybridized carbons (Fsp3) is 0.273. The van der Waals surface area contributed by atoms with Crippen LogP contribution in [-0.2, 0) is 12.6 Å². The third kappa shape index (κ3) is 2.67. The third-order valence-corrected chi connectivity index (χ3v) is 2.26. The van der Waals surface area contributed by atoms with Crippen molar-refractivity contribution in [1.82, 2.24) is 10.1 Å². The van der Waals surface area contributed by atoms with Gasteiger partial charge in [0.15, 0.2) is 5.82 Å². The number of aliphatic hydroxyl groups is 1. The van der Waals surface area contributed by atoms with Crippen molar-refractivity contribution >= 4 is 0 Å². The summed E-state index contributed by atoms with van der Waals surface area (Å²) in [6.45, 7) is -0.119. The van der Waals surface area contributed by atoms with Crippen molar-refractivity contribution in [2.24, 2.45) is 0 Å². The molecule has 0 radical (unpaired) electrons. The molecule has 2 aromatic rings. The maximum absolute atomic E-state index is 12.3. The van der Waals surface area contributed by atoms with E-state index in [1.54, 1.807) is 0 Å². The van der Waals surface area contributed by atoms with E-state index in [1.165, 1.54) is 12.1 Å². The molecule has 1 aromatic heterocycles. The molecule has 0 bridgehead atoms. The lowest BCUT2D eigenvalue weighted by atomic mass is 10.1. The first-order valence-electron chi connectivity index (χ1n) is 5.12. The number of hydrogen-bond acceptors (Lipinski definition) is 4. The van der Waals surface area contributed by atoms with E-state index >= 15 is 0 Å². The summed E-state index contributed by atoms with van der Waals surface area (Å²) >= 11 is 0. The Kier molecular flexibility index (Phi) is 3.33. The summed E-state index contributed by atoms with van der Waals surface area (Å²) < 4.78 is 41.9. The molecular weight excluding hydrogens is 249 g/mol. The van der Waals surface area contributed by atoms with E-state index in [0.29, 0.717) is 11.4 Å². The second kappa shape index (κ2) is 4.77. The van der Waals surface area contributed by atoms with Crippen LogP contribution in [0.25, 0.3) is 11.5 Å². The summed E-state index contributed by atoms with van der Waals surface area (Å²) in [5.74, 6) is 0.444. The lowest BCUT2D eigenvalue weighted by Crippen LogP contribution is -2.04. The number of nitrogens with zero attached hydrogens (tertiary/aromatic N) is 2. The summed E-state index contributed by atoms with van der Waals surface area (Å²) in [4.78, 5) is 3.94. The predicted octanol–water partition coefficient (Wildman–Crippen LogP) is 2.29. The van der Waals surface area contributed by atoms with Crippen LogP contribution in [0.1, 0.15) is 11.4 Å². The smallest absolute Gasteiger partial charge is 0.396 e. The Balaban J connectivity index is 2.23. The Morgan fingerprint density at radius 1 is 1.17 bits per heavy atom. The van der Waals surface area contributed by atoms with Crippen LogP contribution in [0.3, 0.4) is 0 Å². The molecule has 2 rings (SSSR count). The van der Waals surface area contributed by atoms with Crippen LogP contribution in [-0.4, -0.2) is 21.9 Å². The highest BCUT2D eigenvalue weighted by Gasteiger charge is 2.30. The van der Waals surface area contributed by atoms with Crippen molar-refractivity contribution in [1.29, 1.82) is 0 Å². The van der Waals surface area contributed by atoms with E-state index in [4.69, 9.17) is 9.63 Å². The molecule has 1 aromatic carbocycles. The second-order valence-electron chi connectivity index (χ2n) is 3.56. The first-order valence-corrected chi connectivity index (χ1v) is 5.12. The van der Waals surface area contributed by atoms with Gasteiger partial charge in [0.2, 0.25) is 0 Å². The molecule has 4 nitrogen and oxygen atoms in total. The molecule has 0 aliphatic rings. The highest BCUT2D eigenvalue weighted by Crippen LogP contribution is 2.30. The molecule has 0 aliphatic carbocycles. The predicted molar refractivity (Wildman–Crippen MR) is 55.5 cm³/mol. The topological polar surface area (TPSA) is 59.2 Å². The van der Waals surface area contributed by atoms with Crippen LogP contribution < -0.4 is 0 Å². The van der Waals surface area contributed by atoms with Gasteiger partial charge in [0.25, 0.3) is 5.89 Å². The molecule has 0 saturated heterocycles. The summed E-state index contributed by atoms with van der Waals surface area (Å²) in [6, 6.07) is 4.43. The highest BCUT2D eigenvalue weighted by molar-refractivity contribution is 5.53. The van der Waals surface area contributed by atoms with Crippen molar-refractivity contribution in [2.75, 3.05) is 6.61 Å². The molecule has 1 N–H and O–H groups in total. The van der Waals surface area contributed by atoms with Crippen molar-refractivity contribution in [2.45, 2.75) is 12.6 Å². The normalized spacial score (nSPS) is 11.8. The number of rotatable bonds is 3. The first-order chi connectivity index (χ1) is 8.50. The zero-order valence-electron chi connectivity index (χ0n) is 9.11. The van der Waals surface area contributed by atoms with Crippen molar-refractivity contribution in [3.8, 4) is 11.5 Å². The van der Waals surface area contributed by atoms with Gasteiger partial charge in [-0.15, -0.1) is 0 Å². The van der Waals surface area contributed by atoms with Crippen LogP contribution in [0.15, 0.2) is 28.8 Å². The molecule has 0 unspecified atom stereocenters. The van der Waals surface area contributed by atoms with E-state index < -0.39 is 11.7 Å². The van der Waals surface area contributed by atoms with Crippen LogP contribution in [0.5, 0.6) is 0 Å². The fourth-order valence-corrected chi connectivity index (χ4v) is 1.37. The minimum Gasteiger partial charge on any atom is -0.396 e. The Morgan fingerprint density at radius 3 is 2.39 bits per heavy atom. The maximum atomic E-state index is 12.3. The van der Waals surface area contributed by atoms with Crippen molar-refractivity contribution < 1.29 is 22.8 Å². The number of aromatic nitrogens is 2. The molecule has 1 heterocycles. The second-order valence-corrected chi connectivity index (χ2v) is 3.56. The molecule has 96 valence electrons. The molecular formula is C11H9F3N2O2. The van der Waals surface area contributed by atoms with Gasteiger partial charge in [-0.05, 0) is 24.3 Å². The van der Waals surface area contributed by atoms with Gasteiger partial charge >= 0.3 is 6.18 Å². The van der Waals surface area contributed by atoms with E-state index in [9.17, 15) is 13.2 Å². The standard InChI is InChI=1S/C11H9F3N2O2/c12-11(13,14)8-3-1-7(2-4-8)10-15-9(5-6-17)16-18-10/h1-4,17H,5-6H2. The Hall–Kier alpha value is -1.89. The van der Waals surface area contributed by atoms with Crippen molar-refractivity contribution in [3.63, 3.8) is 0 Å². The quantitative estimate of drug-likeness (QED) is 0.917. The van der Waals surface area contributed by atoms with Gasteiger partial charge in [-0.25, -0.2) is 0 Å². The zero-order valence-corrected chi connectivity index (χ0v) is 9.11. The van der Waals surface area contributed by atoms with Crippen LogP contribution in [0.4, 0.5) is 13.2 Å². The average molecular weight is 258 g/mol. The monoisotopic (exact) mass is 258 g/mol. The first kappa shape index (κ1) is 12.6. The third-order valence-electron chi connectivity index (χ3n) is 2.26. The van der Waals surface area contributed by atoms with Crippen LogP contribution in [0, 0.1) is 0 Å². The molecule has 0 atom stereocenters. The lowest BCUT2D eigenvalue weighted by Gasteiger charge is -2.05. The van der Waals surface area contributed by atoms with E-state index in [2.05, 4.69) is 10.1 Å². The van der Waals surface area contributed by atoms with Gasteiger partial charge in [-0.1, -0.05) is 5.16 Å². The number of alkyl halides is 3. The Morgan fingerprint density at radius 2 is 1.83 bits per heavy atom. The summed E-state index contributed by atoms with van der Waals surface area (Å²) in [7, 11) is 0. The molecule has 0 spiro atoms. The lowest BCUT2D eigenvalue weighted by molar-refractivity contribution is -0.137. The van der Waals surface area contributed by atoms with Crippen LogP contribution >= 0.6 is 0 Å². The SMILES string of the molecule is OCCc1noc(-c2ccc(C(F)(F)F)cc2)n1. The molecule has 0 aliphatic heterocycles. The van der Waals surface area contributed by atoms with E-state index in [1.807, 2.05) is 0 Å². The van der Waals surface area contributed by atoms with E-state index in [-0.39, 0.29) is 18.9 Å². The van der Waals surface area contributed by atoms with Gasteiger partial charge in [0.1, 0.15) is 0 Å².